The van der Waals surface area contributed by atoms with Gasteiger partial charge in [0.05, 0.1) is 7.11 Å². The number of hydrogen-bond donors (Lipinski definition) is 2. The molecule has 1 aromatic rings. The monoisotopic (exact) mass is 253 g/mol. The standard InChI is InChI=1S/C12H19N3O3/c1-15(2)11(16)6-7-13-8-9-4-5-10(14-9)12(17)18-3/h4-5,13-14H,6-8H2,1-3H3. The van der Waals surface area contributed by atoms with E-state index in [4.69, 9.17) is 0 Å². The molecule has 0 bridgehead atoms. The summed E-state index contributed by atoms with van der Waals surface area (Å²) >= 11 is 0. The van der Waals surface area contributed by atoms with Gasteiger partial charge in [-0.1, -0.05) is 0 Å². The largest absolute Gasteiger partial charge is 0.464 e. The molecule has 1 amide bonds. The van der Waals surface area contributed by atoms with E-state index in [2.05, 4.69) is 15.0 Å². The van der Waals surface area contributed by atoms with Crippen LogP contribution in [0.5, 0.6) is 0 Å². The Labute approximate surface area is 106 Å². The molecule has 0 fully saturated rings. The zero-order chi connectivity index (χ0) is 13.5. The van der Waals surface area contributed by atoms with Crippen molar-refractivity contribution in [2.45, 2.75) is 13.0 Å². The van der Waals surface area contributed by atoms with E-state index in [0.717, 1.165) is 5.69 Å². The van der Waals surface area contributed by atoms with E-state index in [1.165, 1.54) is 7.11 Å². The lowest BCUT2D eigenvalue weighted by Gasteiger charge is -2.10. The number of H-pyrrole nitrogens is 1. The first-order valence-electron chi connectivity index (χ1n) is 5.71. The SMILES string of the molecule is COC(=O)c1ccc(CNCCC(=O)N(C)C)[nH]1. The molecule has 1 heterocycles. The molecule has 0 aliphatic carbocycles. The smallest absolute Gasteiger partial charge is 0.354 e. The van der Waals surface area contributed by atoms with Crippen LogP contribution in [-0.4, -0.2) is 49.5 Å². The Hall–Kier alpha value is -1.82. The van der Waals surface area contributed by atoms with Crippen LogP contribution in [0.3, 0.4) is 0 Å². The maximum atomic E-state index is 11.3. The van der Waals surface area contributed by atoms with Crippen LogP contribution >= 0.6 is 0 Å². The number of aromatic amines is 1. The summed E-state index contributed by atoms with van der Waals surface area (Å²) in [6.45, 7) is 1.18. The number of rotatable bonds is 6. The van der Waals surface area contributed by atoms with Crippen LogP contribution in [-0.2, 0) is 16.1 Å². The first-order valence-corrected chi connectivity index (χ1v) is 5.71. The molecule has 0 aromatic carbocycles. The highest BCUT2D eigenvalue weighted by Gasteiger charge is 2.07. The van der Waals surface area contributed by atoms with Gasteiger partial charge in [0.1, 0.15) is 5.69 Å². The van der Waals surface area contributed by atoms with Crippen molar-refractivity contribution in [3.63, 3.8) is 0 Å². The van der Waals surface area contributed by atoms with E-state index >= 15 is 0 Å². The molecule has 2 N–H and O–H groups in total. The number of aromatic nitrogens is 1. The van der Waals surface area contributed by atoms with Gasteiger partial charge in [0.15, 0.2) is 0 Å². The van der Waals surface area contributed by atoms with Crippen molar-refractivity contribution in [3.8, 4) is 0 Å². The maximum Gasteiger partial charge on any atom is 0.354 e. The van der Waals surface area contributed by atoms with E-state index in [1.54, 1.807) is 25.1 Å². The molecule has 6 nitrogen and oxygen atoms in total. The normalized spacial score (nSPS) is 10.2. The third-order valence-electron chi connectivity index (χ3n) is 2.48. The van der Waals surface area contributed by atoms with E-state index < -0.39 is 0 Å². The lowest BCUT2D eigenvalue weighted by molar-refractivity contribution is -0.128. The second-order valence-electron chi connectivity index (χ2n) is 4.10. The Morgan fingerprint density at radius 2 is 2.11 bits per heavy atom. The molecule has 6 heteroatoms. The van der Waals surface area contributed by atoms with E-state index in [0.29, 0.717) is 25.2 Å². The van der Waals surface area contributed by atoms with Gasteiger partial charge in [-0.2, -0.15) is 0 Å². The average Bonchev–Trinajstić information content (AvgIpc) is 2.81. The minimum Gasteiger partial charge on any atom is -0.464 e. The predicted octanol–water partition coefficient (Wildman–Crippen LogP) is 0.369. The molecule has 1 rings (SSSR count). The number of hydrogen-bond acceptors (Lipinski definition) is 4. The quantitative estimate of drug-likeness (QED) is 0.567. The highest BCUT2D eigenvalue weighted by atomic mass is 16.5. The van der Waals surface area contributed by atoms with Crippen molar-refractivity contribution in [1.29, 1.82) is 0 Å². The van der Waals surface area contributed by atoms with Crippen LogP contribution in [0.1, 0.15) is 22.6 Å². The molecule has 0 radical (unpaired) electrons. The fraction of sp³-hybridized carbons (Fsp3) is 0.500. The molecule has 0 aliphatic heterocycles. The third-order valence-corrected chi connectivity index (χ3v) is 2.48. The first-order chi connectivity index (χ1) is 8.54. The minimum absolute atomic E-state index is 0.0873. The topological polar surface area (TPSA) is 74.4 Å². The van der Waals surface area contributed by atoms with Crippen molar-refractivity contribution in [1.82, 2.24) is 15.2 Å². The maximum absolute atomic E-state index is 11.3. The summed E-state index contributed by atoms with van der Waals surface area (Å²) in [6.07, 6.45) is 0.456. The molecule has 100 valence electrons. The summed E-state index contributed by atoms with van der Waals surface area (Å²) in [5, 5.41) is 3.13. The Balaban J connectivity index is 2.30. The molecule has 0 spiro atoms. The molecular formula is C12H19N3O3. The van der Waals surface area contributed by atoms with E-state index in [1.807, 2.05) is 6.07 Å². The number of esters is 1. The van der Waals surface area contributed by atoms with E-state index in [9.17, 15) is 9.59 Å². The van der Waals surface area contributed by atoms with Crippen molar-refractivity contribution in [2.24, 2.45) is 0 Å². The van der Waals surface area contributed by atoms with Gasteiger partial charge in [-0.15, -0.1) is 0 Å². The second-order valence-corrected chi connectivity index (χ2v) is 4.10. The predicted molar refractivity (Wildman–Crippen MR) is 67.1 cm³/mol. The van der Waals surface area contributed by atoms with Crippen molar-refractivity contribution in [2.75, 3.05) is 27.7 Å². The number of nitrogens with zero attached hydrogens (tertiary/aromatic N) is 1. The molecule has 0 saturated heterocycles. The summed E-state index contributed by atoms with van der Waals surface area (Å²) in [7, 11) is 4.81. The van der Waals surface area contributed by atoms with Crippen LogP contribution in [0.15, 0.2) is 12.1 Å². The Morgan fingerprint density at radius 1 is 1.39 bits per heavy atom. The summed E-state index contributed by atoms with van der Waals surface area (Å²) in [6, 6.07) is 3.49. The molecular weight excluding hydrogens is 234 g/mol. The van der Waals surface area contributed by atoms with Gasteiger partial charge in [0.25, 0.3) is 0 Å². The van der Waals surface area contributed by atoms with Crippen LogP contribution in [0, 0.1) is 0 Å². The van der Waals surface area contributed by atoms with Gasteiger partial charge in [-0.3, -0.25) is 4.79 Å². The third kappa shape index (κ3) is 4.21. The number of carbonyl (C=O) groups is 2. The summed E-state index contributed by atoms with van der Waals surface area (Å²) in [5.41, 5.74) is 1.31. The molecule has 0 aliphatic rings. The van der Waals surface area contributed by atoms with Gasteiger partial charge in [0, 0.05) is 39.3 Å². The fourth-order valence-electron chi connectivity index (χ4n) is 1.41. The molecule has 18 heavy (non-hydrogen) atoms. The summed E-state index contributed by atoms with van der Waals surface area (Å²) in [5.74, 6) is -0.298. The molecule has 0 unspecified atom stereocenters. The zero-order valence-electron chi connectivity index (χ0n) is 10.9. The highest BCUT2D eigenvalue weighted by Crippen LogP contribution is 2.03. The van der Waals surface area contributed by atoms with Gasteiger partial charge in [-0.25, -0.2) is 4.79 Å². The molecule has 0 atom stereocenters. The van der Waals surface area contributed by atoms with E-state index in [-0.39, 0.29) is 11.9 Å². The number of carbonyl (C=O) groups excluding carboxylic acids is 2. The fourth-order valence-corrected chi connectivity index (χ4v) is 1.41. The lowest BCUT2D eigenvalue weighted by atomic mass is 10.3. The zero-order valence-corrected chi connectivity index (χ0v) is 10.9. The number of nitrogens with one attached hydrogen (secondary N) is 2. The van der Waals surface area contributed by atoms with Crippen LogP contribution in [0.25, 0.3) is 0 Å². The number of ether oxygens (including phenoxy) is 1. The molecule has 1 aromatic heterocycles. The summed E-state index contributed by atoms with van der Waals surface area (Å²) in [4.78, 5) is 27.0. The Kier molecular flexibility index (Phi) is 5.38. The van der Waals surface area contributed by atoms with Gasteiger partial charge in [0.2, 0.25) is 5.91 Å². The van der Waals surface area contributed by atoms with Crippen LogP contribution in [0.2, 0.25) is 0 Å². The van der Waals surface area contributed by atoms with Gasteiger partial charge >= 0.3 is 5.97 Å². The van der Waals surface area contributed by atoms with Crippen LogP contribution < -0.4 is 5.32 Å². The lowest BCUT2D eigenvalue weighted by Crippen LogP contribution is -2.26. The van der Waals surface area contributed by atoms with Crippen molar-refractivity contribution >= 4 is 11.9 Å². The second kappa shape index (κ2) is 6.80. The van der Waals surface area contributed by atoms with Crippen LogP contribution in [0.4, 0.5) is 0 Å². The first kappa shape index (κ1) is 14.2. The Morgan fingerprint density at radius 3 is 2.72 bits per heavy atom. The van der Waals surface area contributed by atoms with Gasteiger partial charge in [-0.05, 0) is 12.1 Å². The van der Waals surface area contributed by atoms with Crippen molar-refractivity contribution < 1.29 is 14.3 Å². The number of amides is 1. The van der Waals surface area contributed by atoms with Gasteiger partial charge < -0.3 is 19.9 Å². The average molecular weight is 253 g/mol. The Bertz CT molecular complexity index is 412. The highest BCUT2D eigenvalue weighted by molar-refractivity contribution is 5.87. The molecule has 0 saturated carbocycles. The van der Waals surface area contributed by atoms with Crippen molar-refractivity contribution in [3.05, 3.63) is 23.5 Å². The minimum atomic E-state index is -0.385. The summed E-state index contributed by atoms with van der Waals surface area (Å²) < 4.78 is 4.59. The number of methoxy groups -OCH3 is 1.